The van der Waals surface area contributed by atoms with Gasteiger partial charge < -0.3 is 4.90 Å². The van der Waals surface area contributed by atoms with E-state index in [-0.39, 0.29) is 11.2 Å². The normalized spacial score (nSPS) is 12.4. The number of hydrogen-bond donors (Lipinski definition) is 0. The van der Waals surface area contributed by atoms with Crippen LogP contribution < -0.4 is 0 Å². The highest BCUT2D eigenvalue weighted by Gasteiger charge is 2.23. The van der Waals surface area contributed by atoms with Crippen LogP contribution in [0.4, 0.5) is 0 Å². The highest BCUT2D eigenvalue weighted by atomic mass is 32.2. The molecule has 0 radical (unpaired) electrons. The van der Waals surface area contributed by atoms with Crippen molar-refractivity contribution in [2.75, 3.05) is 13.1 Å². The van der Waals surface area contributed by atoms with Crippen molar-refractivity contribution < 1.29 is 4.79 Å². The maximum Gasteiger partial charge on any atom is 0.236 e. The summed E-state index contributed by atoms with van der Waals surface area (Å²) in [5, 5.41) is 15.8. The van der Waals surface area contributed by atoms with Gasteiger partial charge >= 0.3 is 0 Å². The summed E-state index contributed by atoms with van der Waals surface area (Å²) in [6.45, 7) is 7.51. The number of nitrogens with zero attached hydrogens (tertiary/aromatic N) is 5. The van der Waals surface area contributed by atoms with E-state index in [1.165, 1.54) is 11.8 Å². The molecule has 132 valence electrons. The summed E-state index contributed by atoms with van der Waals surface area (Å²) in [5.74, 6) is 0.900. The molecule has 3 rings (SSSR count). The van der Waals surface area contributed by atoms with Crippen LogP contribution >= 0.6 is 23.1 Å². The molecular weight excluding hydrogens is 354 g/mol. The summed E-state index contributed by atoms with van der Waals surface area (Å²) >= 11 is 3.11. The zero-order chi connectivity index (χ0) is 17.8. The summed E-state index contributed by atoms with van der Waals surface area (Å²) in [7, 11) is 0. The Labute approximate surface area is 155 Å². The smallest absolute Gasteiger partial charge is 0.236 e. The minimum absolute atomic E-state index is 0.133. The zero-order valence-corrected chi connectivity index (χ0v) is 16.2. The number of fused-ring (bicyclic) bond motifs is 1. The molecule has 3 aromatic rings. The molecule has 0 saturated heterocycles. The maximum absolute atomic E-state index is 12.7. The minimum Gasteiger partial charge on any atom is -0.342 e. The fourth-order valence-corrected chi connectivity index (χ4v) is 4.26. The number of carbonyl (C=O) groups is 1. The molecule has 6 nitrogen and oxygen atoms in total. The summed E-state index contributed by atoms with van der Waals surface area (Å²) in [6.07, 6.45) is 0.764. The van der Waals surface area contributed by atoms with Crippen LogP contribution in [0.3, 0.4) is 0 Å². The highest BCUT2D eigenvalue weighted by molar-refractivity contribution is 8.00. The second kappa shape index (κ2) is 7.97. The first kappa shape index (κ1) is 17.9. The lowest BCUT2D eigenvalue weighted by molar-refractivity contribution is -0.130. The van der Waals surface area contributed by atoms with E-state index in [4.69, 9.17) is 0 Å². The lowest BCUT2D eigenvalue weighted by Gasteiger charge is -2.23. The van der Waals surface area contributed by atoms with Gasteiger partial charge in [0.05, 0.1) is 10.1 Å². The molecule has 0 aliphatic rings. The quantitative estimate of drug-likeness (QED) is 0.591. The standard InChI is InChI=1S/C17H21N5OS2/c1-4-12(17(23)21(5-2)6-3)25-15-10-9-14-18-19-16(22(14)20-15)13-8-7-11-24-13/h7-12H,4-6H2,1-3H3/t12-/m1/s1. The van der Waals surface area contributed by atoms with Gasteiger partial charge in [0.1, 0.15) is 5.03 Å². The average Bonchev–Trinajstić information content (AvgIpc) is 3.29. The number of thiophene rings is 1. The molecule has 0 aliphatic carbocycles. The van der Waals surface area contributed by atoms with Crippen molar-refractivity contribution in [3.63, 3.8) is 0 Å². The Morgan fingerprint density at radius 1 is 1.24 bits per heavy atom. The molecule has 1 amide bonds. The third kappa shape index (κ3) is 3.69. The number of thioether (sulfide) groups is 1. The number of rotatable bonds is 7. The molecule has 0 N–H and O–H groups in total. The van der Waals surface area contributed by atoms with Crippen molar-refractivity contribution >= 4 is 34.7 Å². The summed E-state index contributed by atoms with van der Waals surface area (Å²) in [4.78, 5) is 15.5. The first-order valence-corrected chi connectivity index (χ1v) is 10.2. The Morgan fingerprint density at radius 3 is 2.68 bits per heavy atom. The topological polar surface area (TPSA) is 63.4 Å². The minimum atomic E-state index is -0.133. The molecule has 0 bridgehead atoms. The van der Waals surface area contributed by atoms with Gasteiger partial charge in [-0.15, -0.1) is 21.5 Å². The van der Waals surface area contributed by atoms with E-state index in [9.17, 15) is 4.79 Å². The fourth-order valence-electron chi connectivity index (χ4n) is 2.59. The maximum atomic E-state index is 12.7. The van der Waals surface area contributed by atoms with Gasteiger partial charge in [-0.25, -0.2) is 0 Å². The van der Waals surface area contributed by atoms with Crippen LogP contribution in [-0.2, 0) is 4.79 Å². The zero-order valence-electron chi connectivity index (χ0n) is 14.5. The molecule has 3 heterocycles. The third-order valence-electron chi connectivity index (χ3n) is 3.96. The van der Waals surface area contributed by atoms with Crippen LogP contribution in [-0.4, -0.2) is 49.0 Å². The molecule has 0 fully saturated rings. The molecule has 25 heavy (non-hydrogen) atoms. The van der Waals surface area contributed by atoms with Gasteiger partial charge in [0.15, 0.2) is 11.5 Å². The second-order valence-electron chi connectivity index (χ2n) is 5.47. The molecule has 3 aromatic heterocycles. The van der Waals surface area contributed by atoms with Crippen LogP contribution in [0.25, 0.3) is 16.3 Å². The lowest BCUT2D eigenvalue weighted by Crippen LogP contribution is -2.37. The van der Waals surface area contributed by atoms with Crippen LogP contribution in [0.1, 0.15) is 27.2 Å². The van der Waals surface area contributed by atoms with Crippen molar-refractivity contribution in [3.05, 3.63) is 29.6 Å². The Hall–Kier alpha value is -1.93. The first-order chi connectivity index (χ1) is 12.2. The lowest BCUT2D eigenvalue weighted by atomic mass is 10.3. The van der Waals surface area contributed by atoms with E-state index in [1.54, 1.807) is 15.9 Å². The second-order valence-corrected chi connectivity index (χ2v) is 7.64. The van der Waals surface area contributed by atoms with Gasteiger partial charge in [-0.1, -0.05) is 24.8 Å². The molecule has 0 aromatic carbocycles. The predicted molar refractivity (Wildman–Crippen MR) is 102 cm³/mol. The van der Waals surface area contributed by atoms with Gasteiger partial charge in [0.2, 0.25) is 5.91 Å². The molecular formula is C17H21N5OS2. The van der Waals surface area contributed by atoms with Crippen LogP contribution in [0.2, 0.25) is 0 Å². The van der Waals surface area contributed by atoms with Crippen molar-refractivity contribution in [3.8, 4) is 10.7 Å². The largest absolute Gasteiger partial charge is 0.342 e. The molecule has 1 atom stereocenters. The molecule has 0 aliphatic heterocycles. The fraction of sp³-hybridized carbons (Fsp3) is 0.412. The van der Waals surface area contributed by atoms with Gasteiger partial charge in [-0.2, -0.15) is 9.61 Å². The van der Waals surface area contributed by atoms with Crippen molar-refractivity contribution in [1.29, 1.82) is 0 Å². The van der Waals surface area contributed by atoms with Crippen LogP contribution in [0, 0.1) is 0 Å². The predicted octanol–water partition coefficient (Wildman–Crippen LogP) is 3.59. The van der Waals surface area contributed by atoms with E-state index < -0.39 is 0 Å². The first-order valence-electron chi connectivity index (χ1n) is 8.39. The van der Waals surface area contributed by atoms with E-state index in [2.05, 4.69) is 15.3 Å². The highest BCUT2D eigenvalue weighted by Crippen LogP contribution is 2.27. The van der Waals surface area contributed by atoms with Gasteiger partial charge in [0.25, 0.3) is 0 Å². The number of carbonyl (C=O) groups excluding carboxylic acids is 1. The third-order valence-corrected chi connectivity index (χ3v) is 6.11. The molecule has 0 spiro atoms. The molecule has 0 saturated carbocycles. The number of aromatic nitrogens is 4. The van der Waals surface area contributed by atoms with Gasteiger partial charge in [-0.05, 0) is 43.8 Å². The summed E-state index contributed by atoms with van der Waals surface area (Å²) in [5.41, 5.74) is 0.705. The van der Waals surface area contributed by atoms with Crippen molar-refractivity contribution in [2.45, 2.75) is 37.5 Å². The Bertz CT molecular complexity index is 842. The van der Waals surface area contributed by atoms with Crippen LogP contribution in [0.5, 0.6) is 0 Å². The SMILES string of the molecule is CC[C@@H](Sc1ccc2nnc(-c3cccs3)n2n1)C(=O)N(CC)CC. The van der Waals surface area contributed by atoms with Gasteiger partial charge in [-0.3, -0.25) is 4.79 Å². The number of amides is 1. The van der Waals surface area contributed by atoms with Gasteiger partial charge in [0, 0.05) is 13.1 Å². The Morgan fingerprint density at radius 2 is 2.04 bits per heavy atom. The molecule has 8 heteroatoms. The van der Waals surface area contributed by atoms with Crippen molar-refractivity contribution in [1.82, 2.24) is 24.7 Å². The Balaban J connectivity index is 1.88. The monoisotopic (exact) mass is 375 g/mol. The van der Waals surface area contributed by atoms with E-state index in [0.29, 0.717) is 5.65 Å². The summed E-state index contributed by atoms with van der Waals surface area (Å²) < 4.78 is 1.75. The van der Waals surface area contributed by atoms with Crippen molar-refractivity contribution in [2.24, 2.45) is 0 Å². The summed E-state index contributed by atoms with van der Waals surface area (Å²) in [6, 6.07) is 7.79. The molecule has 0 unspecified atom stereocenters. The average molecular weight is 376 g/mol. The Kier molecular flexibility index (Phi) is 5.70. The van der Waals surface area contributed by atoms with E-state index in [0.717, 1.165) is 35.2 Å². The van der Waals surface area contributed by atoms with E-state index in [1.807, 2.05) is 55.3 Å². The van der Waals surface area contributed by atoms with E-state index >= 15 is 0 Å². The number of hydrogen-bond acceptors (Lipinski definition) is 6. The van der Waals surface area contributed by atoms with Crippen LogP contribution in [0.15, 0.2) is 34.7 Å².